The molecule has 0 spiro atoms. The fraction of sp³-hybridized carbons (Fsp3) is 0.387. The van der Waals surface area contributed by atoms with Crippen LogP contribution in [0.3, 0.4) is 0 Å². The van der Waals surface area contributed by atoms with Gasteiger partial charge in [-0.05, 0) is 61.9 Å². The molecule has 1 fully saturated rings. The van der Waals surface area contributed by atoms with Gasteiger partial charge in [-0.1, -0.05) is 32.9 Å². The monoisotopic (exact) mass is 557 g/mol. The summed E-state index contributed by atoms with van der Waals surface area (Å²) in [6.07, 6.45) is 4.05. The third kappa shape index (κ3) is 5.65. The van der Waals surface area contributed by atoms with Crippen LogP contribution in [0.4, 0.5) is 14.6 Å². The highest BCUT2D eigenvalue weighted by atomic mass is 19.1. The molecule has 0 unspecified atom stereocenters. The van der Waals surface area contributed by atoms with Gasteiger partial charge >= 0.3 is 5.69 Å². The molecular weight excluding hydrogens is 524 g/mol. The molecule has 0 radical (unpaired) electrons. The Labute approximate surface area is 237 Å². The predicted molar refractivity (Wildman–Crippen MR) is 157 cm³/mol. The molecule has 1 saturated heterocycles. The van der Waals surface area contributed by atoms with E-state index in [1.807, 2.05) is 38.7 Å². The lowest BCUT2D eigenvalue weighted by atomic mass is 10.0. The van der Waals surface area contributed by atoms with Gasteiger partial charge in [0.1, 0.15) is 23.1 Å². The van der Waals surface area contributed by atoms with Gasteiger partial charge in [-0.15, -0.1) is 0 Å². The molecule has 212 valence electrons. The topological polar surface area (TPSA) is 88.6 Å². The maximum atomic E-state index is 15.7. The summed E-state index contributed by atoms with van der Waals surface area (Å²) in [5.41, 5.74) is 1.51. The summed E-state index contributed by atoms with van der Waals surface area (Å²) in [5.74, 6) is -0.970. The highest BCUT2D eigenvalue weighted by Gasteiger charge is 2.27. The molecule has 0 amide bonds. The Morgan fingerprint density at radius 3 is 2.56 bits per heavy atom. The van der Waals surface area contributed by atoms with Crippen molar-refractivity contribution in [3.8, 4) is 16.9 Å². The molecule has 8 nitrogen and oxygen atoms in total. The summed E-state index contributed by atoms with van der Waals surface area (Å²) in [7, 11) is 0. The maximum Gasteiger partial charge on any atom is 0.355 e. The number of aliphatic imine (C=N–C) groups is 2. The van der Waals surface area contributed by atoms with Gasteiger partial charge in [0.2, 0.25) is 0 Å². The van der Waals surface area contributed by atoms with Crippen molar-refractivity contribution >= 4 is 22.9 Å². The predicted octanol–water partition coefficient (Wildman–Crippen LogP) is 6.11. The zero-order valence-corrected chi connectivity index (χ0v) is 23.7. The molecule has 0 aliphatic carbocycles. The number of hydrogen-bond donors (Lipinski definition) is 0. The van der Waals surface area contributed by atoms with Gasteiger partial charge in [0.05, 0.1) is 28.8 Å². The fourth-order valence-corrected chi connectivity index (χ4v) is 5.17. The molecule has 4 aromatic rings. The van der Waals surface area contributed by atoms with Crippen molar-refractivity contribution in [1.29, 1.82) is 0 Å². The molecule has 0 bridgehead atoms. The third-order valence-electron chi connectivity index (χ3n) is 7.27. The molecule has 0 atom stereocenters. The van der Waals surface area contributed by atoms with Gasteiger partial charge < -0.3 is 4.90 Å². The molecule has 1 aliphatic rings. The van der Waals surface area contributed by atoms with Gasteiger partial charge in [-0.25, -0.2) is 33.1 Å². The average molecular weight is 558 g/mol. The number of fused-ring (bicyclic) bond motifs is 1. The molecule has 4 heterocycles. The van der Waals surface area contributed by atoms with E-state index in [1.54, 1.807) is 12.3 Å². The second-order valence-electron chi connectivity index (χ2n) is 10.6. The number of hydrogen-bond acceptors (Lipinski definition) is 7. The van der Waals surface area contributed by atoms with Crippen molar-refractivity contribution < 1.29 is 8.78 Å². The standard InChI is InChI=1S/C31H33F2N7O/c1-5-13-34-18-36-21-11-15-39(16-12-21)29-23-17-25(33)27(22-8-6-7-9-24(22)32)37-30(23)40(31(41)38-29)28-20(4)10-14-35-26(28)19(2)3/h6-10,14,17,19,21H,5,11-13,15-16H2,1-4H3. The Morgan fingerprint density at radius 2 is 1.85 bits per heavy atom. The van der Waals surface area contributed by atoms with Gasteiger partial charge in [-0.3, -0.25) is 4.98 Å². The van der Waals surface area contributed by atoms with Gasteiger partial charge in [0, 0.05) is 31.4 Å². The van der Waals surface area contributed by atoms with Crippen LogP contribution in [0.25, 0.3) is 28.0 Å². The number of aryl methyl sites for hydroxylation is 1. The first-order chi connectivity index (χ1) is 19.8. The summed E-state index contributed by atoms with van der Waals surface area (Å²) in [5, 5.41) is 0.367. The number of rotatable bonds is 7. The van der Waals surface area contributed by atoms with E-state index in [1.165, 1.54) is 28.8 Å². The second kappa shape index (κ2) is 12.1. The molecular formula is C31H33F2N7O. The summed E-state index contributed by atoms with van der Waals surface area (Å²) in [4.78, 5) is 38.1. The quantitative estimate of drug-likeness (QED) is 0.256. The Bertz CT molecular complexity index is 1700. The Hall–Kier alpha value is -4.30. The normalized spacial score (nSPS) is 14.0. The number of aromatic nitrogens is 4. The molecule has 1 aliphatic heterocycles. The lowest BCUT2D eigenvalue weighted by molar-refractivity contribution is 0.502. The Kier molecular flexibility index (Phi) is 8.31. The summed E-state index contributed by atoms with van der Waals surface area (Å²) < 4.78 is 31.9. The third-order valence-corrected chi connectivity index (χ3v) is 7.27. The number of pyridine rings is 2. The first kappa shape index (κ1) is 28.2. The SMILES string of the molecule is CCCN=C=NC1CCN(c2nc(=O)n(-c3c(C)ccnc3C(C)C)c3nc(-c4ccccc4F)c(F)cc23)CC1. The lowest BCUT2D eigenvalue weighted by Gasteiger charge is -2.31. The molecule has 41 heavy (non-hydrogen) atoms. The number of piperidine rings is 1. The van der Waals surface area contributed by atoms with Crippen molar-refractivity contribution in [2.75, 3.05) is 24.5 Å². The van der Waals surface area contributed by atoms with E-state index >= 15 is 4.39 Å². The van der Waals surface area contributed by atoms with E-state index in [2.05, 4.69) is 30.9 Å². The van der Waals surface area contributed by atoms with Crippen LogP contribution in [0.2, 0.25) is 0 Å². The van der Waals surface area contributed by atoms with Crippen LogP contribution in [0.15, 0.2) is 57.4 Å². The van der Waals surface area contributed by atoms with Crippen molar-refractivity contribution in [3.63, 3.8) is 0 Å². The van der Waals surface area contributed by atoms with Crippen LogP contribution in [0, 0.1) is 18.6 Å². The van der Waals surface area contributed by atoms with Gasteiger partial charge in [0.15, 0.2) is 5.65 Å². The largest absolute Gasteiger partial charge is 0.356 e. The first-order valence-corrected chi connectivity index (χ1v) is 14.0. The lowest BCUT2D eigenvalue weighted by Crippen LogP contribution is -2.38. The van der Waals surface area contributed by atoms with Gasteiger partial charge in [-0.2, -0.15) is 4.98 Å². The van der Waals surface area contributed by atoms with Crippen LogP contribution >= 0.6 is 0 Å². The van der Waals surface area contributed by atoms with Crippen LogP contribution in [-0.2, 0) is 0 Å². The van der Waals surface area contributed by atoms with Crippen molar-refractivity contribution in [2.24, 2.45) is 9.98 Å². The minimum absolute atomic E-state index is 0.0136. The molecule has 0 N–H and O–H groups in total. The van der Waals surface area contributed by atoms with E-state index in [0.717, 1.165) is 12.0 Å². The minimum atomic E-state index is -0.700. The minimum Gasteiger partial charge on any atom is -0.356 e. The highest BCUT2D eigenvalue weighted by molar-refractivity contribution is 5.90. The zero-order chi connectivity index (χ0) is 29.1. The molecule has 3 aromatic heterocycles. The first-order valence-electron chi connectivity index (χ1n) is 14.0. The van der Waals surface area contributed by atoms with Crippen LogP contribution in [0.5, 0.6) is 0 Å². The Morgan fingerprint density at radius 1 is 1.10 bits per heavy atom. The number of nitrogens with zero attached hydrogens (tertiary/aromatic N) is 7. The summed E-state index contributed by atoms with van der Waals surface area (Å²) >= 11 is 0. The number of halogens is 2. The zero-order valence-electron chi connectivity index (χ0n) is 23.7. The molecule has 5 rings (SSSR count). The second-order valence-corrected chi connectivity index (χ2v) is 10.6. The van der Waals surface area contributed by atoms with E-state index in [9.17, 15) is 9.18 Å². The highest BCUT2D eigenvalue weighted by Crippen LogP contribution is 2.33. The van der Waals surface area contributed by atoms with E-state index in [4.69, 9.17) is 0 Å². The van der Waals surface area contributed by atoms with Crippen molar-refractivity contribution in [1.82, 2.24) is 19.5 Å². The number of anilines is 1. The Balaban J connectivity index is 1.70. The maximum absolute atomic E-state index is 15.7. The van der Waals surface area contributed by atoms with Gasteiger partial charge in [0.25, 0.3) is 0 Å². The van der Waals surface area contributed by atoms with Crippen LogP contribution in [0.1, 0.15) is 57.2 Å². The molecule has 0 saturated carbocycles. The summed E-state index contributed by atoms with van der Waals surface area (Å²) in [6, 6.07) is 11.9. The smallest absolute Gasteiger partial charge is 0.355 e. The fourth-order valence-electron chi connectivity index (χ4n) is 5.17. The van der Waals surface area contributed by atoms with Crippen molar-refractivity contribution in [2.45, 2.75) is 58.9 Å². The molecule has 10 heteroatoms. The van der Waals surface area contributed by atoms with Crippen LogP contribution in [-0.4, -0.2) is 51.2 Å². The van der Waals surface area contributed by atoms with E-state index in [-0.39, 0.29) is 28.9 Å². The average Bonchev–Trinajstić information content (AvgIpc) is 2.96. The molecule has 1 aromatic carbocycles. The van der Waals surface area contributed by atoms with E-state index in [0.29, 0.717) is 55.1 Å². The number of benzene rings is 1. The van der Waals surface area contributed by atoms with Crippen molar-refractivity contribution in [3.05, 3.63) is 76.0 Å². The summed E-state index contributed by atoms with van der Waals surface area (Å²) in [6.45, 7) is 9.72. The van der Waals surface area contributed by atoms with Crippen LogP contribution < -0.4 is 10.6 Å². The van der Waals surface area contributed by atoms with E-state index < -0.39 is 17.3 Å².